The summed E-state index contributed by atoms with van der Waals surface area (Å²) in [5.41, 5.74) is 0. The van der Waals surface area contributed by atoms with Gasteiger partial charge in [-0.05, 0) is 20.0 Å². The SMILES string of the molecule is CNCC1CNCCC[N]1. The molecule has 0 amide bonds. The zero-order valence-electron chi connectivity index (χ0n) is 6.56. The van der Waals surface area contributed by atoms with Crippen molar-refractivity contribution in [3.63, 3.8) is 0 Å². The van der Waals surface area contributed by atoms with Crippen LogP contribution < -0.4 is 16.0 Å². The average molecular weight is 142 g/mol. The highest BCUT2D eigenvalue weighted by atomic mass is 15.0. The first-order chi connectivity index (χ1) is 4.93. The van der Waals surface area contributed by atoms with E-state index < -0.39 is 0 Å². The molecule has 0 spiro atoms. The molecule has 1 unspecified atom stereocenters. The fourth-order valence-corrected chi connectivity index (χ4v) is 1.18. The van der Waals surface area contributed by atoms with Gasteiger partial charge in [-0.2, -0.15) is 0 Å². The molecule has 3 heteroatoms. The zero-order valence-corrected chi connectivity index (χ0v) is 6.56. The van der Waals surface area contributed by atoms with E-state index in [-0.39, 0.29) is 0 Å². The van der Waals surface area contributed by atoms with Crippen LogP contribution >= 0.6 is 0 Å². The summed E-state index contributed by atoms with van der Waals surface area (Å²) in [6.45, 7) is 4.21. The largest absolute Gasteiger partial charge is 0.318 e. The molecule has 0 aliphatic carbocycles. The van der Waals surface area contributed by atoms with E-state index in [1.807, 2.05) is 7.05 Å². The third-order valence-electron chi connectivity index (χ3n) is 1.72. The first kappa shape index (κ1) is 7.98. The zero-order chi connectivity index (χ0) is 7.23. The highest BCUT2D eigenvalue weighted by molar-refractivity contribution is 4.74. The van der Waals surface area contributed by atoms with Crippen LogP contribution in [0.25, 0.3) is 0 Å². The fourth-order valence-electron chi connectivity index (χ4n) is 1.18. The normalized spacial score (nSPS) is 27.9. The van der Waals surface area contributed by atoms with E-state index in [0.29, 0.717) is 6.04 Å². The molecule has 1 heterocycles. The topological polar surface area (TPSA) is 38.2 Å². The van der Waals surface area contributed by atoms with Crippen LogP contribution in [-0.4, -0.2) is 39.3 Å². The summed E-state index contributed by atoms with van der Waals surface area (Å²) >= 11 is 0. The van der Waals surface area contributed by atoms with Gasteiger partial charge in [0.05, 0.1) is 0 Å². The molecule has 1 atom stereocenters. The van der Waals surface area contributed by atoms with Gasteiger partial charge in [-0.15, -0.1) is 0 Å². The predicted molar refractivity (Wildman–Crippen MR) is 42.2 cm³/mol. The van der Waals surface area contributed by atoms with Crippen LogP contribution in [0.5, 0.6) is 0 Å². The number of nitrogens with zero attached hydrogens (tertiary/aromatic N) is 1. The van der Waals surface area contributed by atoms with E-state index in [0.717, 1.165) is 26.2 Å². The lowest BCUT2D eigenvalue weighted by Crippen LogP contribution is -2.38. The quantitative estimate of drug-likeness (QED) is 0.528. The second-order valence-corrected chi connectivity index (χ2v) is 2.68. The van der Waals surface area contributed by atoms with Gasteiger partial charge in [0.1, 0.15) is 0 Å². The van der Waals surface area contributed by atoms with E-state index >= 15 is 0 Å². The number of hydrogen-bond acceptors (Lipinski definition) is 2. The first-order valence-electron chi connectivity index (χ1n) is 3.95. The Morgan fingerprint density at radius 2 is 2.60 bits per heavy atom. The molecule has 0 aromatic rings. The van der Waals surface area contributed by atoms with Gasteiger partial charge in [0, 0.05) is 25.7 Å². The van der Waals surface area contributed by atoms with Gasteiger partial charge in [-0.3, -0.25) is 0 Å². The molecule has 0 aromatic carbocycles. The molecule has 0 aromatic heterocycles. The predicted octanol–water partition coefficient (Wildman–Crippen LogP) is -0.828. The van der Waals surface area contributed by atoms with Crippen LogP contribution in [0.2, 0.25) is 0 Å². The van der Waals surface area contributed by atoms with E-state index in [1.54, 1.807) is 0 Å². The summed E-state index contributed by atoms with van der Waals surface area (Å²) < 4.78 is 0. The molecule has 0 bridgehead atoms. The van der Waals surface area contributed by atoms with Crippen molar-refractivity contribution in [1.82, 2.24) is 16.0 Å². The van der Waals surface area contributed by atoms with Gasteiger partial charge in [0.25, 0.3) is 0 Å². The van der Waals surface area contributed by atoms with Crippen molar-refractivity contribution in [2.75, 3.05) is 33.2 Å². The Balaban J connectivity index is 2.15. The average Bonchev–Trinajstić information content (AvgIpc) is 2.17. The van der Waals surface area contributed by atoms with Crippen molar-refractivity contribution >= 4 is 0 Å². The summed E-state index contributed by atoms with van der Waals surface area (Å²) in [5.74, 6) is 0. The second kappa shape index (κ2) is 4.66. The lowest BCUT2D eigenvalue weighted by atomic mass is 10.3. The summed E-state index contributed by atoms with van der Waals surface area (Å²) in [7, 11) is 1.97. The van der Waals surface area contributed by atoms with Crippen molar-refractivity contribution in [2.24, 2.45) is 0 Å². The van der Waals surface area contributed by atoms with Crippen LogP contribution in [0.1, 0.15) is 6.42 Å². The minimum atomic E-state index is 0.493. The monoisotopic (exact) mass is 142 g/mol. The van der Waals surface area contributed by atoms with Crippen LogP contribution in [0.4, 0.5) is 0 Å². The lowest BCUT2D eigenvalue weighted by Gasteiger charge is -2.12. The maximum atomic E-state index is 4.49. The van der Waals surface area contributed by atoms with Crippen molar-refractivity contribution in [1.29, 1.82) is 0 Å². The Morgan fingerprint density at radius 1 is 1.70 bits per heavy atom. The molecule has 3 nitrogen and oxygen atoms in total. The molecule has 1 aliphatic heterocycles. The van der Waals surface area contributed by atoms with Gasteiger partial charge >= 0.3 is 0 Å². The molecular weight excluding hydrogens is 126 g/mol. The summed E-state index contributed by atoms with van der Waals surface area (Å²) in [6.07, 6.45) is 1.19. The molecule has 1 radical (unpaired) electrons. The van der Waals surface area contributed by atoms with Crippen molar-refractivity contribution < 1.29 is 0 Å². The maximum absolute atomic E-state index is 4.49. The highest BCUT2D eigenvalue weighted by Crippen LogP contribution is 1.88. The molecular formula is C7H16N3. The molecule has 1 fully saturated rings. The molecule has 1 aliphatic rings. The van der Waals surface area contributed by atoms with Gasteiger partial charge in [0.2, 0.25) is 0 Å². The number of likely N-dealkylation sites (N-methyl/N-ethyl adjacent to an activating group) is 1. The highest BCUT2D eigenvalue weighted by Gasteiger charge is 2.09. The van der Waals surface area contributed by atoms with Crippen LogP contribution in [0, 0.1) is 0 Å². The van der Waals surface area contributed by atoms with Crippen molar-refractivity contribution in [2.45, 2.75) is 12.5 Å². The Morgan fingerprint density at radius 3 is 3.40 bits per heavy atom. The second-order valence-electron chi connectivity index (χ2n) is 2.68. The van der Waals surface area contributed by atoms with E-state index in [1.165, 1.54) is 6.42 Å². The van der Waals surface area contributed by atoms with Gasteiger partial charge < -0.3 is 10.6 Å². The number of rotatable bonds is 2. The molecule has 2 N–H and O–H groups in total. The van der Waals surface area contributed by atoms with Crippen molar-refractivity contribution in [3.05, 3.63) is 0 Å². The standard InChI is InChI=1S/C7H16N3/c1-8-5-7-6-9-3-2-4-10-7/h7-9H,2-6H2,1H3. The lowest BCUT2D eigenvalue weighted by molar-refractivity contribution is 0.495. The first-order valence-corrected chi connectivity index (χ1v) is 3.95. The molecule has 1 rings (SSSR count). The van der Waals surface area contributed by atoms with Crippen molar-refractivity contribution in [3.8, 4) is 0 Å². The maximum Gasteiger partial charge on any atom is 0.0495 e. The van der Waals surface area contributed by atoms with E-state index in [9.17, 15) is 0 Å². The van der Waals surface area contributed by atoms with Crippen LogP contribution in [-0.2, 0) is 0 Å². The molecule has 10 heavy (non-hydrogen) atoms. The summed E-state index contributed by atoms with van der Waals surface area (Å²) in [5, 5.41) is 11.0. The van der Waals surface area contributed by atoms with E-state index in [2.05, 4.69) is 16.0 Å². The Hall–Kier alpha value is -0.120. The van der Waals surface area contributed by atoms with E-state index in [4.69, 9.17) is 0 Å². The molecule has 59 valence electrons. The minimum absolute atomic E-state index is 0.493. The minimum Gasteiger partial charge on any atom is -0.318 e. The Labute approximate surface area is 62.6 Å². The number of nitrogens with one attached hydrogen (secondary N) is 2. The van der Waals surface area contributed by atoms with Crippen LogP contribution in [0.3, 0.4) is 0 Å². The fraction of sp³-hybridized carbons (Fsp3) is 1.00. The Kier molecular flexibility index (Phi) is 3.72. The summed E-state index contributed by atoms with van der Waals surface area (Å²) in [6, 6.07) is 0.493. The molecule has 0 saturated carbocycles. The third kappa shape index (κ3) is 2.64. The van der Waals surface area contributed by atoms with Gasteiger partial charge in [-0.1, -0.05) is 0 Å². The van der Waals surface area contributed by atoms with Crippen LogP contribution in [0.15, 0.2) is 0 Å². The molecule has 1 saturated heterocycles. The van der Waals surface area contributed by atoms with Gasteiger partial charge in [0.15, 0.2) is 0 Å². The number of hydrogen-bond donors (Lipinski definition) is 2. The van der Waals surface area contributed by atoms with Gasteiger partial charge in [-0.25, -0.2) is 5.32 Å². The Bertz CT molecular complexity index is 76.9. The smallest absolute Gasteiger partial charge is 0.0495 e. The third-order valence-corrected chi connectivity index (χ3v) is 1.72. The summed E-state index contributed by atoms with van der Waals surface area (Å²) in [4.78, 5) is 0.